The maximum absolute atomic E-state index is 13.7. The predicted molar refractivity (Wildman–Crippen MR) is 87.5 cm³/mol. The minimum absolute atomic E-state index is 0.188. The summed E-state index contributed by atoms with van der Waals surface area (Å²) >= 11 is 0.702. The van der Waals surface area contributed by atoms with E-state index in [2.05, 4.69) is 11.3 Å². The molecule has 0 fully saturated rings. The van der Waals surface area contributed by atoms with Gasteiger partial charge in [-0.05, 0) is 11.4 Å². The molecular formula is C16H9F5N2O4S. The number of imide groups is 1. The zero-order valence-electron chi connectivity index (χ0n) is 13.6. The molecule has 1 aromatic carbocycles. The third-order valence-electron chi connectivity index (χ3n) is 3.12. The summed E-state index contributed by atoms with van der Waals surface area (Å²) in [4.78, 5) is 35.4. The third-order valence-corrected chi connectivity index (χ3v) is 3.95. The number of nitrogens with one attached hydrogen (secondary N) is 2. The second-order valence-electron chi connectivity index (χ2n) is 4.90. The highest BCUT2D eigenvalue weighted by Crippen LogP contribution is 2.27. The van der Waals surface area contributed by atoms with Gasteiger partial charge in [-0.2, -0.15) is 0 Å². The van der Waals surface area contributed by atoms with Crippen molar-refractivity contribution in [2.75, 3.05) is 11.9 Å². The molecule has 148 valence electrons. The smallest absolute Gasteiger partial charge is 0.414 e. The molecule has 1 aromatic heterocycles. The van der Waals surface area contributed by atoms with Crippen molar-refractivity contribution in [1.82, 2.24) is 5.32 Å². The Morgan fingerprint density at radius 2 is 1.57 bits per heavy atom. The normalized spacial score (nSPS) is 10.3. The van der Waals surface area contributed by atoms with E-state index < -0.39 is 52.6 Å². The molecule has 0 radical (unpaired) electrons. The van der Waals surface area contributed by atoms with Crippen LogP contribution in [0.4, 0.5) is 31.7 Å². The van der Waals surface area contributed by atoms with Crippen molar-refractivity contribution in [1.29, 1.82) is 0 Å². The third kappa shape index (κ3) is 4.17. The van der Waals surface area contributed by atoms with Gasteiger partial charge in [0.1, 0.15) is 17.2 Å². The van der Waals surface area contributed by atoms with Crippen molar-refractivity contribution in [3.63, 3.8) is 0 Å². The van der Waals surface area contributed by atoms with Crippen LogP contribution in [0, 0.1) is 29.1 Å². The highest BCUT2D eigenvalue weighted by Gasteiger charge is 2.30. The Bertz CT molecular complexity index is 947. The van der Waals surface area contributed by atoms with Crippen LogP contribution >= 0.6 is 11.3 Å². The second kappa shape index (κ2) is 8.61. The molecule has 0 saturated carbocycles. The van der Waals surface area contributed by atoms with Crippen LogP contribution < -0.4 is 10.6 Å². The van der Waals surface area contributed by atoms with E-state index in [9.17, 15) is 36.3 Å². The van der Waals surface area contributed by atoms with Gasteiger partial charge in [0.25, 0.3) is 11.8 Å². The van der Waals surface area contributed by atoms with Crippen LogP contribution in [0.15, 0.2) is 24.1 Å². The van der Waals surface area contributed by atoms with Crippen LogP contribution in [0.2, 0.25) is 0 Å². The number of hydrogen-bond donors (Lipinski definition) is 2. The van der Waals surface area contributed by atoms with Gasteiger partial charge in [-0.15, -0.1) is 11.3 Å². The fourth-order valence-corrected chi connectivity index (χ4v) is 2.67. The van der Waals surface area contributed by atoms with E-state index >= 15 is 0 Å². The quantitative estimate of drug-likeness (QED) is 0.334. The molecular weight excluding hydrogens is 411 g/mol. The average Bonchev–Trinajstić information content (AvgIpc) is 3.11. The molecule has 0 unspecified atom stereocenters. The van der Waals surface area contributed by atoms with Gasteiger partial charge < -0.3 is 10.1 Å². The Morgan fingerprint density at radius 1 is 1.00 bits per heavy atom. The number of carbonyl (C=O) groups excluding carboxylic acids is 3. The van der Waals surface area contributed by atoms with E-state index in [0.29, 0.717) is 11.3 Å². The molecule has 2 N–H and O–H groups in total. The summed E-state index contributed by atoms with van der Waals surface area (Å²) in [6, 6.07) is 1.15. The molecule has 6 nitrogen and oxygen atoms in total. The Labute approximate surface area is 157 Å². The number of thiophene rings is 1. The Balaban J connectivity index is 2.26. The molecule has 2 aromatic rings. The minimum Gasteiger partial charge on any atom is -0.445 e. The lowest BCUT2D eigenvalue weighted by Gasteiger charge is -2.09. The van der Waals surface area contributed by atoms with Gasteiger partial charge in [0.2, 0.25) is 5.82 Å². The SMILES string of the molecule is C=CCOC(=O)NC(=O)c1ccsc1NC(=O)c1c(F)c(F)c(F)c(F)c1F. The summed E-state index contributed by atoms with van der Waals surface area (Å²) in [6.07, 6.45) is 0.109. The number of amides is 3. The molecule has 0 bridgehead atoms. The number of hydrogen-bond acceptors (Lipinski definition) is 5. The Hall–Kier alpha value is -3.28. The van der Waals surface area contributed by atoms with Gasteiger partial charge in [-0.25, -0.2) is 26.7 Å². The maximum Gasteiger partial charge on any atom is 0.414 e. The summed E-state index contributed by atoms with van der Waals surface area (Å²) < 4.78 is 71.5. The molecule has 0 spiro atoms. The van der Waals surface area contributed by atoms with Gasteiger partial charge in [0, 0.05) is 0 Å². The van der Waals surface area contributed by atoms with Gasteiger partial charge in [-0.1, -0.05) is 12.7 Å². The van der Waals surface area contributed by atoms with Crippen molar-refractivity contribution in [2.45, 2.75) is 0 Å². The number of benzene rings is 1. The number of halogens is 5. The molecule has 0 aliphatic rings. The van der Waals surface area contributed by atoms with Gasteiger partial charge in [0.05, 0.1) is 5.56 Å². The monoisotopic (exact) mass is 420 g/mol. The molecule has 0 atom stereocenters. The van der Waals surface area contributed by atoms with Gasteiger partial charge >= 0.3 is 6.09 Å². The zero-order valence-corrected chi connectivity index (χ0v) is 14.4. The van der Waals surface area contributed by atoms with Crippen LogP contribution in [0.25, 0.3) is 0 Å². The lowest BCUT2D eigenvalue weighted by molar-refractivity contribution is 0.0930. The Kier molecular flexibility index (Phi) is 6.46. The first-order chi connectivity index (χ1) is 13.2. The first kappa shape index (κ1) is 21.0. The maximum atomic E-state index is 13.7. The largest absolute Gasteiger partial charge is 0.445 e. The van der Waals surface area contributed by atoms with Crippen molar-refractivity contribution >= 4 is 34.2 Å². The first-order valence-corrected chi connectivity index (χ1v) is 8.06. The van der Waals surface area contributed by atoms with Crippen LogP contribution in [-0.4, -0.2) is 24.5 Å². The van der Waals surface area contributed by atoms with Gasteiger partial charge in [-0.3, -0.25) is 14.9 Å². The van der Waals surface area contributed by atoms with E-state index in [1.54, 1.807) is 0 Å². The average molecular weight is 420 g/mol. The molecule has 3 amide bonds. The standard InChI is InChI=1S/C16H9F5N2O4S/c1-2-4-27-16(26)23-13(24)6-3-5-28-15(6)22-14(25)7-8(17)10(19)12(21)11(20)9(7)18/h2-3,5H,1,4H2,(H,22,25)(H,23,24,26). The number of anilines is 1. The summed E-state index contributed by atoms with van der Waals surface area (Å²) in [5.41, 5.74) is -2.03. The number of carbonyl (C=O) groups is 3. The van der Waals surface area contributed by atoms with Crippen LogP contribution in [0.3, 0.4) is 0 Å². The second-order valence-corrected chi connectivity index (χ2v) is 5.82. The molecule has 28 heavy (non-hydrogen) atoms. The lowest BCUT2D eigenvalue weighted by Crippen LogP contribution is -2.31. The summed E-state index contributed by atoms with van der Waals surface area (Å²) in [5.74, 6) is -14.4. The molecule has 1 heterocycles. The summed E-state index contributed by atoms with van der Waals surface area (Å²) in [6.45, 7) is 3.11. The van der Waals surface area contributed by atoms with Gasteiger partial charge in [0.15, 0.2) is 23.3 Å². The predicted octanol–water partition coefficient (Wildman–Crippen LogP) is 3.75. The molecule has 12 heteroatoms. The van der Waals surface area contributed by atoms with Crippen molar-refractivity contribution in [3.05, 3.63) is 64.3 Å². The molecule has 0 aliphatic heterocycles. The van der Waals surface area contributed by atoms with Crippen LogP contribution in [0.5, 0.6) is 0 Å². The van der Waals surface area contributed by atoms with E-state index in [4.69, 9.17) is 0 Å². The highest BCUT2D eigenvalue weighted by atomic mass is 32.1. The zero-order chi connectivity index (χ0) is 21.0. The number of ether oxygens (including phenoxy) is 1. The Morgan fingerprint density at radius 3 is 2.14 bits per heavy atom. The van der Waals surface area contributed by atoms with Crippen LogP contribution in [0.1, 0.15) is 20.7 Å². The van der Waals surface area contributed by atoms with Crippen molar-refractivity contribution < 1.29 is 41.1 Å². The number of rotatable bonds is 5. The fourth-order valence-electron chi connectivity index (χ4n) is 1.89. The fraction of sp³-hybridized carbons (Fsp3) is 0.0625. The highest BCUT2D eigenvalue weighted by molar-refractivity contribution is 7.14. The van der Waals surface area contributed by atoms with E-state index in [-0.39, 0.29) is 17.2 Å². The molecule has 0 aliphatic carbocycles. The van der Waals surface area contributed by atoms with Crippen molar-refractivity contribution in [3.8, 4) is 0 Å². The van der Waals surface area contributed by atoms with E-state index in [0.717, 1.165) is 6.07 Å². The topological polar surface area (TPSA) is 84.5 Å². The number of alkyl carbamates (subject to hydrolysis) is 1. The molecule has 0 saturated heterocycles. The minimum atomic E-state index is -2.42. The lowest BCUT2D eigenvalue weighted by atomic mass is 10.1. The van der Waals surface area contributed by atoms with Crippen molar-refractivity contribution in [2.24, 2.45) is 0 Å². The summed E-state index contributed by atoms with van der Waals surface area (Å²) in [7, 11) is 0. The first-order valence-electron chi connectivity index (χ1n) is 7.18. The van der Waals surface area contributed by atoms with E-state index in [1.165, 1.54) is 11.5 Å². The van der Waals surface area contributed by atoms with E-state index in [1.807, 2.05) is 10.6 Å². The van der Waals surface area contributed by atoms with Crippen LogP contribution in [-0.2, 0) is 4.74 Å². The molecule has 2 rings (SSSR count). The summed E-state index contributed by atoms with van der Waals surface area (Å²) in [5, 5.41) is 4.66.